The average molecular weight is 323 g/mol. The summed E-state index contributed by atoms with van der Waals surface area (Å²) in [5, 5.41) is 0. The number of thiophene rings is 1. The molecule has 2 aromatic rings. The van der Waals surface area contributed by atoms with Gasteiger partial charge < -0.3 is 10.6 Å². The number of nitrogens with two attached hydrogens (primary N) is 1. The Bertz CT molecular complexity index is 585. The Hall–Kier alpha value is -1.36. The summed E-state index contributed by atoms with van der Waals surface area (Å²) >= 11 is 7.39. The summed E-state index contributed by atoms with van der Waals surface area (Å²) in [4.78, 5) is 14.9. The van der Waals surface area contributed by atoms with Crippen LogP contribution in [-0.4, -0.2) is 17.9 Å². The van der Waals surface area contributed by atoms with Crippen molar-refractivity contribution in [2.45, 2.75) is 25.4 Å². The number of halogens is 1. The SMILES string of the molecule is CN(Cc1ccc(Cl)s1)C(=O)CCC(N)c1ccccc1. The predicted octanol–water partition coefficient (Wildman–Crippen LogP) is 3.84. The van der Waals surface area contributed by atoms with Gasteiger partial charge in [0.1, 0.15) is 0 Å². The fourth-order valence-electron chi connectivity index (χ4n) is 2.10. The molecule has 3 nitrogen and oxygen atoms in total. The predicted molar refractivity (Wildman–Crippen MR) is 88.4 cm³/mol. The molecule has 0 aliphatic rings. The molecule has 1 heterocycles. The molecule has 2 rings (SSSR count). The largest absolute Gasteiger partial charge is 0.341 e. The van der Waals surface area contributed by atoms with E-state index in [0.29, 0.717) is 19.4 Å². The summed E-state index contributed by atoms with van der Waals surface area (Å²) in [7, 11) is 1.81. The molecule has 21 heavy (non-hydrogen) atoms. The van der Waals surface area contributed by atoms with Crippen LogP contribution in [0.15, 0.2) is 42.5 Å². The summed E-state index contributed by atoms with van der Waals surface area (Å²) in [6.07, 6.45) is 1.10. The van der Waals surface area contributed by atoms with Crippen LogP contribution >= 0.6 is 22.9 Å². The Morgan fingerprint density at radius 2 is 2.00 bits per heavy atom. The van der Waals surface area contributed by atoms with Crippen LogP contribution < -0.4 is 5.73 Å². The van der Waals surface area contributed by atoms with Crippen molar-refractivity contribution in [1.82, 2.24) is 4.90 Å². The number of rotatable bonds is 6. The molecule has 0 spiro atoms. The van der Waals surface area contributed by atoms with Gasteiger partial charge in [0.25, 0.3) is 0 Å². The highest BCUT2D eigenvalue weighted by molar-refractivity contribution is 7.16. The Morgan fingerprint density at radius 1 is 1.29 bits per heavy atom. The van der Waals surface area contributed by atoms with E-state index in [1.165, 1.54) is 11.3 Å². The lowest BCUT2D eigenvalue weighted by Gasteiger charge is -2.18. The molecule has 1 unspecified atom stereocenters. The van der Waals surface area contributed by atoms with E-state index in [1.54, 1.807) is 4.90 Å². The Balaban J connectivity index is 1.81. The number of hydrogen-bond acceptors (Lipinski definition) is 3. The molecule has 1 amide bonds. The lowest BCUT2D eigenvalue weighted by atomic mass is 10.0. The van der Waals surface area contributed by atoms with Crippen molar-refractivity contribution in [3.63, 3.8) is 0 Å². The topological polar surface area (TPSA) is 46.3 Å². The smallest absolute Gasteiger partial charge is 0.222 e. The van der Waals surface area contributed by atoms with Gasteiger partial charge in [0.05, 0.1) is 10.9 Å². The van der Waals surface area contributed by atoms with Crippen LogP contribution in [0.3, 0.4) is 0 Å². The zero-order valence-corrected chi connectivity index (χ0v) is 13.5. The van der Waals surface area contributed by atoms with Gasteiger partial charge in [-0.05, 0) is 24.1 Å². The minimum Gasteiger partial charge on any atom is -0.341 e. The fraction of sp³-hybridized carbons (Fsp3) is 0.312. The van der Waals surface area contributed by atoms with Gasteiger partial charge >= 0.3 is 0 Å². The van der Waals surface area contributed by atoms with Crippen LogP contribution in [0, 0.1) is 0 Å². The molecule has 0 aliphatic heterocycles. The molecule has 0 radical (unpaired) electrons. The van der Waals surface area contributed by atoms with Crippen LogP contribution in [0.2, 0.25) is 4.34 Å². The molecule has 0 saturated heterocycles. The van der Waals surface area contributed by atoms with Gasteiger partial charge in [0.2, 0.25) is 5.91 Å². The number of hydrogen-bond donors (Lipinski definition) is 1. The second-order valence-corrected chi connectivity index (χ2v) is 6.81. The van der Waals surface area contributed by atoms with Crippen molar-refractivity contribution < 1.29 is 4.79 Å². The summed E-state index contributed by atoms with van der Waals surface area (Å²) in [5.41, 5.74) is 7.18. The zero-order chi connectivity index (χ0) is 15.2. The first kappa shape index (κ1) is 16.0. The molecule has 1 atom stereocenters. The highest BCUT2D eigenvalue weighted by Gasteiger charge is 2.13. The van der Waals surface area contributed by atoms with E-state index in [-0.39, 0.29) is 11.9 Å². The van der Waals surface area contributed by atoms with Crippen LogP contribution in [0.25, 0.3) is 0 Å². The van der Waals surface area contributed by atoms with Crippen molar-refractivity contribution in [1.29, 1.82) is 0 Å². The van der Waals surface area contributed by atoms with Gasteiger partial charge in [-0.2, -0.15) is 0 Å². The first-order valence-electron chi connectivity index (χ1n) is 6.85. The maximum absolute atomic E-state index is 12.1. The molecular formula is C16H19ClN2OS. The monoisotopic (exact) mass is 322 g/mol. The molecule has 112 valence electrons. The molecule has 2 N–H and O–H groups in total. The maximum Gasteiger partial charge on any atom is 0.222 e. The molecule has 0 aliphatic carbocycles. The first-order valence-corrected chi connectivity index (χ1v) is 8.04. The Morgan fingerprint density at radius 3 is 2.62 bits per heavy atom. The molecule has 0 fully saturated rings. The van der Waals surface area contributed by atoms with E-state index in [4.69, 9.17) is 17.3 Å². The van der Waals surface area contributed by atoms with E-state index in [9.17, 15) is 4.79 Å². The molecular weight excluding hydrogens is 304 g/mol. The van der Waals surface area contributed by atoms with Gasteiger partial charge in [-0.3, -0.25) is 4.79 Å². The van der Waals surface area contributed by atoms with Crippen molar-refractivity contribution in [3.8, 4) is 0 Å². The molecule has 1 aromatic carbocycles. The van der Waals surface area contributed by atoms with E-state index in [1.807, 2.05) is 49.5 Å². The standard InChI is InChI=1S/C16H19ClN2OS/c1-19(11-13-7-9-15(17)21-13)16(20)10-8-14(18)12-5-3-2-4-6-12/h2-7,9,14H,8,10-11,18H2,1H3. The minimum absolute atomic E-state index is 0.0975. The van der Waals surface area contributed by atoms with Crippen molar-refractivity contribution in [2.24, 2.45) is 5.73 Å². The lowest BCUT2D eigenvalue weighted by Crippen LogP contribution is -2.26. The highest BCUT2D eigenvalue weighted by Crippen LogP contribution is 2.23. The minimum atomic E-state index is -0.0975. The Kier molecular flexibility index (Phi) is 5.79. The second-order valence-electron chi connectivity index (χ2n) is 5.01. The van der Waals surface area contributed by atoms with Crippen LogP contribution in [0.1, 0.15) is 29.3 Å². The number of carbonyl (C=O) groups excluding carboxylic acids is 1. The maximum atomic E-state index is 12.1. The molecule has 0 saturated carbocycles. The third-order valence-corrected chi connectivity index (χ3v) is 4.56. The summed E-state index contributed by atoms with van der Waals surface area (Å²) in [6.45, 7) is 0.594. The number of amides is 1. The Labute approximate surface area is 134 Å². The molecule has 1 aromatic heterocycles. The number of carbonyl (C=O) groups is 1. The number of nitrogens with zero attached hydrogens (tertiary/aromatic N) is 1. The number of benzene rings is 1. The van der Waals surface area contributed by atoms with E-state index >= 15 is 0 Å². The fourth-order valence-corrected chi connectivity index (χ4v) is 3.24. The first-order chi connectivity index (χ1) is 10.1. The van der Waals surface area contributed by atoms with Gasteiger partial charge in [-0.15, -0.1) is 11.3 Å². The quantitative estimate of drug-likeness (QED) is 0.878. The van der Waals surface area contributed by atoms with Gasteiger partial charge in [-0.1, -0.05) is 41.9 Å². The normalized spacial score (nSPS) is 12.1. The second kappa shape index (κ2) is 7.59. The van der Waals surface area contributed by atoms with Gasteiger partial charge in [0, 0.05) is 24.4 Å². The molecule has 5 heteroatoms. The average Bonchev–Trinajstić information content (AvgIpc) is 2.90. The summed E-state index contributed by atoms with van der Waals surface area (Å²) < 4.78 is 0.747. The lowest BCUT2D eigenvalue weighted by molar-refractivity contribution is -0.130. The van der Waals surface area contributed by atoms with E-state index < -0.39 is 0 Å². The van der Waals surface area contributed by atoms with Gasteiger partial charge in [-0.25, -0.2) is 0 Å². The third kappa shape index (κ3) is 4.84. The van der Waals surface area contributed by atoms with Gasteiger partial charge in [0.15, 0.2) is 0 Å². The summed E-state index contributed by atoms with van der Waals surface area (Å²) in [6, 6.07) is 13.6. The van der Waals surface area contributed by atoms with Crippen LogP contribution in [0.4, 0.5) is 0 Å². The molecule has 0 bridgehead atoms. The van der Waals surface area contributed by atoms with Crippen LogP contribution in [-0.2, 0) is 11.3 Å². The highest BCUT2D eigenvalue weighted by atomic mass is 35.5. The van der Waals surface area contributed by atoms with Crippen molar-refractivity contribution in [2.75, 3.05) is 7.05 Å². The van der Waals surface area contributed by atoms with E-state index in [2.05, 4.69) is 0 Å². The van der Waals surface area contributed by atoms with Crippen LogP contribution in [0.5, 0.6) is 0 Å². The zero-order valence-electron chi connectivity index (χ0n) is 12.0. The van der Waals surface area contributed by atoms with Crippen molar-refractivity contribution in [3.05, 3.63) is 57.2 Å². The third-order valence-electron chi connectivity index (χ3n) is 3.34. The summed E-state index contributed by atoms with van der Waals surface area (Å²) in [5.74, 6) is 0.103. The van der Waals surface area contributed by atoms with Crippen molar-refractivity contribution >= 4 is 28.8 Å². The van der Waals surface area contributed by atoms with E-state index in [0.717, 1.165) is 14.8 Å².